The number of hydrogen-bond donors (Lipinski definition) is 1. The van der Waals surface area contributed by atoms with Crippen LogP contribution in [-0.4, -0.2) is 32.0 Å². The minimum atomic E-state index is -0.780. The van der Waals surface area contributed by atoms with Crippen molar-refractivity contribution in [3.8, 4) is 6.07 Å². The van der Waals surface area contributed by atoms with E-state index >= 15 is 0 Å². The van der Waals surface area contributed by atoms with Crippen molar-refractivity contribution in [2.45, 2.75) is 25.5 Å². The van der Waals surface area contributed by atoms with Crippen LogP contribution in [0, 0.1) is 23.0 Å². The first-order valence-corrected chi connectivity index (χ1v) is 6.45. The van der Waals surface area contributed by atoms with Crippen LogP contribution in [0.15, 0.2) is 12.1 Å². The fourth-order valence-corrected chi connectivity index (χ4v) is 1.99. The number of nitrogens with zero attached hydrogens (tertiary/aromatic N) is 1. The molecule has 20 heavy (non-hydrogen) atoms. The third kappa shape index (κ3) is 3.65. The lowest BCUT2D eigenvalue weighted by atomic mass is 10.2. The number of anilines is 1. The van der Waals surface area contributed by atoms with Gasteiger partial charge in [-0.2, -0.15) is 5.26 Å². The maximum Gasteiger partial charge on any atom is 0.150 e. The molecule has 1 N–H and O–H groups in total. The molecule has 1 fully saturated rings. The minimum absolute atomic E-state index is 0.0439. The lowest BCUT2D eigenvalue weighted by Crippen LogP contribution is -2.26. The Kier molecular flexibility index (Phi) is 4.88. The van der Waals surface area contributed by atoms with E-state index in [1.807, 2.05) is 0 Å². The second-order valence-electron chi connectivity index (χ2n) is 4.79. The van der Waals surface area contributed by atoms with Gasteiger partial charge in [0.25, 0.3) is 0 Å². The summed E-state index contributed by atoms with van der Waals surface area (Å²) in [6, 6.07) is 3.46. The van der Waals surface area contributed by atoms with Crippen molar-refractivity contribution in [1.82, 2.24) is 0 Å². The molecule has 1 heterocycles. The monoisotopic (exact) mass is 282 g/mol. The van der Waals surface area contributed by atoms with Crippen molar-refractivity contribution in [1.29, 1.82) is 5.26 Å². The summed E-state index contributed by atoms with van der Waals surface area (Å²) >= 11 is 0. The van der Waals surface area contributed by atoms with Gasteiger partial charge in [0.2, 0.25) is 0 Å². The molecule has 1 aliphatic rings. The Morgan fingerprint density at radius 3 is 2.75 bits per heavy atom. The van der Waals surface area contributed by atoms with Crippen molar-refractivity contribution >= 4 is 5.69 Å². The van der Waals surface area contributed by atoms with E-state index in [9.17, 15) is 8.78 Å². The van der Waals surface area contributed by atoms with Crippen molar-refractivity contribution in [2.24, 2.45) is 0 Å². The molecule has 2 unspecified atom stereocenters. The predicted molar refractivity (Wildman–Crippen MR) is 69.3 cm³/mol. The molecule has 108 valence electrons. The molecular formula is C14H16F2N2O2. The Hall–Kier alpha value is -1.71. The van der Waals surface area contributed by atoms with Crippen LogP contribution in [0.25, 0.3) is 0 Å². The minimum Gasteiger partial charge on any atom is -0.379 e. The van der Waals surface area contributed by atoms with E-state index in [-0.39, 0.29) is 23.4 Å². The average Bonchev–Trinajstić information content (AvgIpc) is 2.93. The van der Waals surface area contributed by atoms with Gasteiger partial charge in [-0.15, -0.1) is 0 Å². The van der Waals surface area contributed by atoms with Crippen molar-refractivity contribution in [3.05, 3.63) is 29.3 Å². The third-order valence-electron chi connectivity index (χ3n) is 3.03. The summed E-state index contributed by atoms with van der Waals surface area (Å²) in [5.74, 6) is -1.56. The molecule has 6 heteroatoms. The highest BCUT2D eigenvalue weighted by atomic mass is 19.1. The zero-order chi connectivity index (χ0) is 14.5. The topological polar surface area (TPSA) is 54.3 Å². The summed E-state index contributed by atoms with van der Waals surface area (Å²) in [4.78, 5) is 0. The third-order valence-corrected chi connectivity index (χ3v) is 3.03. The highest BCUT2D eigenvalue weighted by Gasteiger charge is 2.18. The van der Waals surface area contributed by atoms with Crippen LogP contribution in [0.1, 0.15) is 18.9 Å². The Morgan fingerprint density at radius 2 is 2.20 bits per heavy atom. The first-order valence-electron chi connectivity index (χ1n) is 6.45. The maximum atomic E-state index is 13.7. The van der Waals surface area contributed by atoms with E-state index < -0.39 is 11.6 Å². The van der Waals surface area contributed by atoms with E-state index in [1.165, 1.54) is 0 Å². The number of rotatable bonds is 5. The molecule has 4 nitrogen and oxygen atoms in total. The summed E-state index contributed by atoms with van der Waals surface area (Å²) in [5, 5.41) is 11.4. The molecule has 2 rings (SSSR count). The quantitative estimate of drug-likeness (QED) is 0.901. The molecule has 0 aliphatic carbocycles. The second-order valence-corrected chi connectivity index (χ2v) is 4.79. The molecule has 0 aromatic heterocycles. The summed E-state index contributed by atoms with van der Waals surface area (Å²) in [5.41, 5.74) is -0.277. The van der Waals surface area contributed by atoms with Crippen LogP contribution in [0.2, 0.25) is 0 Å². The molecule has 0 spiro atoms. The van der Waals surface area contributed by atoms with Crippen LogP contribution in [-0.2, 0) is 9.47 Å². The van der Waals surface area contributed by atoms with Crippen molar-refractivity contribution < 1.29 is 18.3 Å². The first kappa shape index (κ1) is 14.7. The highest BCUT2D eigenvalue weighted by molar-refractivity contribution is 5.50. The smallest absolute Gasteiger partial charge is 0.150 e. The fourth-order valence-electron chi connectivity index (χ4n) is 1.99. The molecule has 0 radical (unpaired) electrons. The lowest BCUT2D eigenvalue weighted by Gasteiger charge is -2.18. The predicted octanol–water partition coefficient (Wildman–Crippen LogP) is 2.44. The summed E-state index contributed by atoms with van der Waals surface area (Å²) in [7, 11) is 0. The van der Waals surface area contributed by atoms with Gasteiger partial charge in [0.15, 0.2) is 11.6 Å². The first-order chi connectivity index (χ1) is 9.60. The van der Waals surface area contributed by atoms with Gasteiger partial charge < -0.3 is 14.8 Å². The Balaban J connectivity index is 1.93. The SMILES string of the molecule is CC(COC1CCOC1)Nc1c(F)cc(C#N)cc1F. The molecule has 0 amide bonds. The van der Waals surface area contributed by atoms with E-state index in [0.29, 0.717) is 19.8 Å². The van der Waals surface area contributed by atoms with Crippen LogP contribution in [0.5, 0.6) is 0 Å². The number of halogens is 2. The molecule has 1 aromatic carbocycles. The zero-order valence-corrected chi connectivity index (χ0v) is 11.2. The molecule has 0 saturated carbocycles. The number of nitrogens with one attached hydrogen (secondary N) is 1. The highest BCUT2D eigenvalue weighted by Crippen LogP contribution is 2.21. The summed E-state index contributed by atoms with van der Waals surface area (Å²) in [6.45, 7) is 3.34. The number of ether oxygens (including phenoxy) is 2. The summed E-state index contributed by atoms with van der Waals surface area (Å²) < 4.78 is 38.1. The van der Waals surface area contributed by atoms with Gasteiger partial charge >= 0.3 is 0 Å². The molecule has 1 saturated heterocycles. The second kappa shape index (κ2) is 6.64. The Labute approximate surface area is 116 Å². The van der Waals surface area contributed by atoms with E-state index in [2.05, 4.69) is 5.32 Å². The van der Waals surface area contributed by atoms with Gasteiger partial charge in [-0.1, -0.05) is 0 Å². The zero-order valence-electron chi connectivity index (χ0n) is 11.2. The average molecular weight is 282 g/mol. The number of hydrogen-bond acceptors (Lipinski definition) is 4. The molecule has 1 aromatic rings. The van der Waals surface area contributed by atoms with Gasteiger partial charge in [-0.25, -0.2) is 8.78 Å². The maximum absolute atomic E-state index is 13.7. The van der Waals surface area contributed by atoms with Crippen molar-refractivity contribution in [2.75, 3.05) is 25.1 Å². The molecule has 2 atom stereocenters. The Morgan fingerprint density at radius 1 is 1.50 bits per heavy atom. The summed E-state index contributed by atoms with van der Waals surface area (Å²) in [6.07, 6.45) is 0.890. The van der Waals surface area contributed by atoms with E-state index in [1.54, 1.807) is 13.0 Å². The van der Waals surface area contributed by atoms with E-state index in [4.69, 9.17) is 14.7 Å². The van der Waals surface area contributed by atoms with Crippen LogP contribution in [0.4, 0.5) is 14.5 Å². The molecule has 0 bridgehead atoms. The molecule has 1 aliphatic heterocycles. The largest absolute Gasteiger partial charge is 0.379 e. The van der Waals surface area contributed by atoms with Gasteiger partial charge in [0.05, 0.1) is 31.0 Å². The fraction of sp³-hybridized carbons (Fsp3) is 0.500. The normalized spacial score (nSPS) is 19.6. The standard InChI is InChI=1S/C14H16F2N2O2/c1-9(7-20-11-2-3-19-8-11)18-14-12(15)4-10(6-17)5-13(14)16/h4-5,9,11,18H,2-3,7-8H2,1H3. The number of nitriles is 1. The Bertz CT molecular complexity index is 487. The number of benzene rings is 1. The van der Waals surface area contributed by atoms with Crippen molar-refractivity contribution in [3.63, 3.8) is 0 Å². The van der Waals surface area contributed by atoms with Gasteiger partial charge in [-0.3, -0.25) is 0 Å². The van der Waals surface area contributed by atoms with Gasteiger partial charge in [-0.05, 0) is 25.5 Å². The molecular weight excluding hydrogens is 266 g/mol. The van der Waals surface area contributed by atoms with Gasteiger partial charge in [0, 0.05) is 12.6 Å². The van der Waals surface area contributed by atoms with Crippen LogP contribution < -0.4 is 5.32 Å². The van der Waals surface area contributed by atoms with E-state index in [0.717, 1.165) is 18.6 Å². The van der Waals surface area contributed by atoms with Gasteiger partial charge in [0.1, 0.15) is 5.69 Å². The lowest BCUT2D eigenvalue weighted by molar-refractivity contribution is 0.0394. The van der Waals surface area contributed by atoms with Crippen LogP contribution >= 0.6 is 0 Å². The van der Waals surface area contributed by atoms with Crippen LogP contribution in [0.3, 0.4) is 0 Å².